The topological polar surface area (TPSA) is 73.2 Å². The van der Waals surface area contributed by atoms with Crippen LogP contribution in [0.15, 0.2) is 12.3 Å². The van der Waals surface area contributed by atoms with Gasteiger partial charge in [0, 0.05) is 5.56 Å². The summed E-state index contributed by atoms with van der Waals surface area (Å²) in [6.07, 6.45) is 1.61. The standard InChI is InChI=1S/C12H14ClN3O2/c1-6-4-8(17-2)11(18-3)9(10(6)13)7-5-15-16-12(7)14/h4-5H,1-3H3,(H3,14,15,16). The van der Waals surface area contributed by atoms with Gasteiger partial charge in [0.2, 0.25) is 0 Å². The first-order valence-electron chi connectivity index (χ1n) is 5.30. The number of ether oxygens (including phenoxy) is 2. The number of aromatic nitrogens is 2. The molecule has 0 fully saturated rings. The van der Waals surface area contributed by atoms with Crippen LogP contribution in [0.3, 0.4) is 0 Å². The van der Waals surface area contributed by atoms with Gasteiger partial charge in [-0.1, -0.05) is 11.6 Å². The van der Waals surface area contributed by atoms with Gasteiger partial charge in [-0.2, -0.15) is 5.10 Å². The van der Waals surface area contributed by atoms with Gasteiger partial charge in [0.25, 0.3) is 0 Å². The first-order valence-corrected chi connectivity index (χ1v) is 5.68. The van der Waals surface area contributed by atoms with Gasteiger partial charge in [0.1, 0.15) is 5.82 Å². The van der Waals surface area contributed by atoms with Gasteiger partial charge < -0.3 is 15.2 Å². The quantitative estimate of drug-likeness (QED) is 0.897. The third kappa shape index (κ3) is 1.86. The molecule has 0 atom stereocenters. The Balaban J connectivity index is 2.79. The molecule has 0 saturated heterocycles. The highest BCUT2D eigenvalue weighted by Crippen LogP contribution is 2.45. The zero-order valence-corrected chi connectivity index (χ0v) is 11.1. The second kappa shape index (κ2) is 4.78. The lowest BCUT2D eigenvalue weighted by molar-refractivity contribution is 0.356. The van der Waals surface area contributed by atoms with E-state index in [0.717, 1.165) is 5.56 Å². The second-order valence-corrected chi connectivity index (χ2v) is 4.19. The predicted molar refractivity (Wildman–Crippen MR) is 71.3 cm³/mol. The van der Waals surface area contributed by atoms with Crippen molar-refractivity contribution in [2.24, 2.45) is 0 Å². The van der Waals surface area contributed by atoms with E-state index in [1.165, 1.54) is 0 Å². The van der Waals surface area contributed by atoms with Crippen molar-refractivity contribution in [2.75, 3.05) is 20.0 Å². The number of hydrogen-bond acceptors (Lipinski definition) is 4. The van der Waals surface area contributed by atoms with E-state index in [1.54, 1.807) is 20.4 Å². The lowest BCUT2D eigenvalue weighted by Gasteiger charge is -2.15. The third-order valence-electron chi connectivity index (χ3n) is 2.73. The van der Waals surface area contributed by atoms with Crippen molar-refractivity contribution in [3.05, 3.63) is 22.8 Å². The molecule has 1 aromatic carbocycles. The van der Waals surface area contributed by atoms with Crippen molar-refractivity contribution < 1.29 is 9.47 Å². The Morgan fingerprint density at radius 1 is 1.33 bits per heavy atom. The van der Waals surface area contributed by atoms with Crippen molar-refractivity contribution in [3.63, 3.8) is 0 Å². The number of H-pyrrole nitrogens is 1. The number of anilines is 1. The highest BCUT2D eigenvalue weighted by atomic mass is 35.5. The van der Waals surface area contributed by atoms with Gasteiger partial charge in [-0.25, -0.2) is 0 Å². The lowest BCUT2D eigenvalue weighted by atomic mass is 10.0. The van der Waals surface area contributed by atoms with E-state index < -0.39 is 0 Å². The number of halogens is 1. The molecule has 0 unspecified atom stereocenters. The van der Waals surface area contributed by atoms with Crippen LogP contribution in [0.5, 0.6) is 11.5 Å². The molecule has 0 aliphatic rings. The van der Waals surface area contributed by atoms with E-state index >= 15 is 0 Å². The Morgan fingerprint density at radius 2 is 2.06 bits per heavy atom. The van der Waals surface area contributed by atoms with Gasteiger partial charge in [-0.05, 0) is 18.6 Å². The van der Waals surface area contributed by atoms with Gasteiger partial charge in [0.05, 0.1) is 31.0 Å². The maximum absolute atomic E-state index is 6.34. The molecule has 1 aromatic heterocycles. The number of benzene rings is 1. The molecule has 0 radical (unpaired) electrons. The van der Waals surface area contributed by atoms with E-state index in [0.29, 0.717) is 33.5 Å². The highest BCUT2D eigenvalue weighted by molar-refractivity contribution is 6.34. The van der Waals surface area contributed by atoms with E-state index in [9.17, 15) is 0 Å². The molecule has 3 N–H and O–H groups in total. The number of aryl methyl sites for hydroxylation is 1. The van der Waals surface area contributed by atoms with Crippen LogP contribution < -0.4 is 15.2 Å². The summed E-state index contributed by atoms with van der Waals surface area (Å²) in [6, 6.07) is 1.82. The van der Waals surface area contributed by atoms with Crippen LogP contribution in [0.1, 0.15) is 5.56 Å². The average molecular weight is 268 g/mol. The Bertz CT molecular complexity index is 581. The Labute approximate surface area is 110 Å². The van der Waals surface area contributed by atoms with Crippen molar-refractivity contribution in [1.29, 1.82) is 0 Å². The van der Waals surface area contributed by atoms with Crippen LogP contribution >= 0.6 is 11.6 Å². The molecule has 5 nitrogen and oxygen atoms in total. The van der Waals surface area contributed by atoms with Crippen LogP contribution in [0.2, 0.25) is 5.02 Å². The molecular weight excluding hydrogens is 254 g/mol. The SMILES string of the molecule is COc1cc(C)c(Cl)c(-c2cn[nH]c2N)c1OC. The predicted octanol–water partition coefficient (Wildman–Crippen LogP) is 2.64. The van der Waals surface area contributed by atoms with Crippen LogP contribution in [-0.4, -0.2) is 24.4 Å². The number of rotatable bonds is 3. The molecule has 1 heterocycles. The van der Waals surface area contributed by atoms with Crippen molar-refractivity contribution in [3.8, 4) is 22.6 Å². The number of nitrogens with zero attached hydrogens (tertiary/aromatic N) is 1. The number of methoxy groups -OCH3 is 2. The molecular formula is C12H14ClN3O2. The summed E-state index contributed by atoms with van der Waals surface area (Å²) in [5, 5.41) is 7.14. The molecule has 18 heavy (non-hydrogen) atoms. The van der Waals surface area contributed by atoms with Gasteiger partial charge in [-0.3, -0.25) is 5.10 Å². The number of nitrogens with two attached hydrogens (primary N) is 1. The minimum Gasteiger partial charge on any atom is -0.493 e. The minimum absolute atomic E-state index is 0.433. The normalized spacial score (nSPS) is 10.4. The molecule has 6 heteroatoms. The lowest BCUT2D eigenvalue weighted by Crippen LogP contribution is -1.97. The number of hydrogen-bond donors (Lipinski definition) is 2. The Hall–Kier alpha value is -1.88. The molecule has 0 bridgehead atoms. The number of nitrogens with one attached hydrogen (secondary N) is 1. The summed E-state index contributed by atoms with van der Waals surface area (Å²) in [7, 11) is 3.14. The Morgan fingerprint density at radius 3 is 2.56 bits per heavy atom. The first-order chi connectivity index (χ1) is 8.60. The largest absolute Gasteiger partial charge is 0.493 e. The molecule has 0 amide bonds. The monoisotopic (exact) mass is 267 g/mol. The van der Waals surface area contributed by atoms with Gasteiger partial charge in [-0.15, -0.1) is 0 Å². The van der Waals surface area contributed by atoms with E-state index in [2.05, 4.69) is 10.2 Å². The van der Waals surface area contributed by atoms with Crippen molar-refractivity contribution in [2.45, 2.75) is 6.92 Å². The molecule has 0 spiro atoms. The molecule has 0 aliphatic heterocycles. The van der Waals surface area contributed by atoms with Crippen LogP contribution in [0.4, 0.5) is 5.82 Å². The summed E-state index contributed by atoms with van der Waals surface area (Å²) >= 11 is 6.34. The fraction of sp³-hybridized carbons (Fsp3) is 0.250. The zero-order valence-electron chi connectivity index (χ0n) is 10.4. The van der Waals surface area contributed by atoms with Crippen LogP contribution in [0.25, 0.3) is 11.1 Å². The summed E-state index contributed by atoms with van der Waals surface area (Å²) in [5.74, 6) is 1.58. The summed E-state index contributed by atoms with van der Waals surface area (Å²) in [5.41, 5.74) is 8.09. The highest BCUT2D eigenvalue weighted by Gasteiger charge is 2.20. The number of nitrogen functional groups attached to an aromatic ring is 1. The van der Waals surface area contributed by atoms with Crippen molar-refractivity contribution in [1.82, 2.24) is 10.2 Å². The minimum atomic E-state index is 0.433. The van der Waals surface area contributed by atoms with E-state index in [-0.39, 0.29) is 0 Å². The Kier molecular flexibility index (Phi) is 3.34. The van der Waals surface area contributed by atoms with E-state index in [4.69, 9.17) is 26.8 Å². The average Bonchev–Trinajstić information content (AvgIpc) is 2.78. The second-order valence-electron chi connectivity index (χ2n) is 3.82. The summed E-state index contributed by atoms with van der Waals surface area (Å²) in [6.45, 7) is 1.89. The number of aromatic amines is 1. The fourth-order valence-corrected chi connectivity index (χ4v) is 2.08. The fourth-order valence-electron chi connectivity index (χ4n) is 1.84. The molecule has 0 aliphatic carbocycles. The molecule has 2 aromatic rings. The molecule has 96 valence electrons. The van der Waals surface area contributed by atoms with E-state index in [1.807, 2.05) is 13.0 Å². The van der Waals surface area contributed by atoms with Gasteiger partial charge >= 0.3 is 0 Å². The molecule has 2 rings (SSSR count). The molecule has 0 saturated carbocycles. The maximum Gasteiger partial charge on any atom is 0.170 e. The zero-order chi connectivity index (χ0) is 13.3. The summed E-state index contributed by atoms with van der Waals surface area (Å²) in [4.78, 5) is 0. The third-order valence-corrected chi connectivity index (χ3v) is 3.21. The maximum atomic E-state index is 6.34. The van der Waals surface area contributed by atoms with Crippen LogP contribution in [0, 0.1) is 6.92 Å². The van der Waals surface area contributed by atoms with Crippen molar-refractivity contribution >= 4 is 17.4 Å². The first kappa shape index (κ1) is 12.6. The van der Waals surface area contributed by atoms with Gasteiger partial charge in [0.15, 0.2) is 11.5 Å². The smallest absolute Gasteiger partial charge is 0.170 e. The van der Waals surface area contributed by atoms with Crippen LogP contribution in [-0.2, 0) is 0 Å². The summed E-state index contributed by atoms with van der Waals surface area (Å²) < 4.78 is 10.7.